The minimum Gasteiger partial charge on any atom is -0.497 e. The Morgan fingerprint density at radius 2 is 1.63 bits per heavy atom. The van der Waals surface area contributed by atoms with Gasteiger partial charge in [0.1, 0.15) is 11.6 Å². The van der Waals surface area contributed by atoms with Crippen molar-refractivity contribution in [3.8, 4) is 5.75 Å². The molecule has 0 radical (unpaired) electrons. The molecule has 6 heteroatoms. The second-order valence-corrected chi connectivity index (χ2v) is 7.49. The summed E-state index contributed by atoms with van der Waals surface area (Å²) in [5.74, 6) is 2.73. The molecule has 1 aliphatic heterocycles. The highest BCUT2D eigenvalue weighted by molar-refractivity contribution is 5.52. The Balaban J connectivity index is 1.40. The molecule has 1 aromatic heterocycles. The van der Waals surface area contributed by atoms with Crippen molar-refractivity contribution >= 4 is 17.5 Å². The molecule has 1 aromatic carbocycles. The van der Waals surface area contributed by atoms with E-state index in [0.717, 1.165) is 49.4 Å². The van der Waals surface area contributed by atoms with Gasteiger partial charge in [0.05, 0.1) is 7.11 Å². The second-order valence-electron chi connectivity index (χ2n) is 7.49. The summed E-state index contributed by atoms with van der Waals surface area (Å²) >= 11 is 0. The number of hydrogen-bond acceptors (Lipinski definition) is 6. The maximum absolute atomic E-state index is 5.25. The predicted molar refractivity (Wildman–Crippen MR) is 110 cm³/mol. The predicted octanol–water partition coefficient (Wildman–Crippen LogP) is 3.47. The average molecular weight is 367 g/mol. The molecule has 27 heavy (non-hydrogen) atoms. The molecule has 0 amide bonds. The molecule has 2 aliphatic rings. The Kier molecular flexibility index (Phi) is 5.32. The van der Waals surface area contributed by atoms with E-state index in [1.807, 2.05) is 12.1 Å². The number of aryl methyl sites for hydroxylation is 1. The van der Waals surface area contributed by atoms with Crippen LogP contribution in [-0.2, 0) is 0 Å². The van der Waals surface area contributed by atoms with Gasteiger partial charge in [-0.3, -0.25) is 0 Å². The molecule has 144 valence electrons. The summed E-state index contributed by atoms with van der Waals surface area (Å²) in [7, 11) is 1.70. The number of aromatic nitrogens is 2. The van der Waals surface area contributed by atoms with Crippen molar-refractivity contribution in [1.82, 2.24) is 9.97 Å². The zero-order chi connectivity index (χ0) is 18.6. The van der Waals surface area contributed by atoms with E-state index in [4.69, 9.17) is 9.72 Å². The molecule has 0 unspecified atom stereocenters. The van der Waals surface area contributed by atoms with E-state index in [1.54, 1.807) is 7.11 Å². The van der Waals surface area contributed by atoms with E-state index in [1.165, 1.54) is 31.4 Å². The molecule has 2 aromatic rings. The fourth-order valence-corrected chi connectivity index (χ4v) is 4.02. The standard InChI is InChI=1S/C21H29N5O/c1-16-15-20(24-21(22-16)23-17-5-3-4-6-17)26-13-11-25(12-14-26)18-7-9-19(27-2)10-8-18/h7-10,15,17H,3-6,11-14H2,1-2H3,(H,22,23,24). The summed E-state index contributed by atoms with van der Waals surface area (Å²) in [6.07, 6.45) is 5.08. The molecule has 2 fully saturated rings. The highest BCUT2D eigenvalue weighted by Gasteiger charge is 2.21. The molecule has 0 bridgehead atoms. The van der Waals surface area contributed by atoms with Gasteiger partial charge in [-0.05, 0) is 44.0 Å². The lowest BCUT2D eigenvalue weighted by atomic mass is 10.2. The van der Waals surface area contributed by atoms with Crippen molar-refractivity contribution in [2.45, 2.75) is 38.6 Å². The SMILES string of the molecule is COc1ccc(N2CCN(c3cc(C)nc(NC4CCCC4)n3)CC2)cc1. The van der Waals surface area contributed by atoms with Crippen LogP contribution in [0, 0.1) is 6.92 Å². The van der Waals surface area contributed by atoms with E-state index < -0.39 is 0 Å². The number of hydrogen-bond donors (Lipinski definition) is 1. The minimum atomic E-state index is 0.534. The second kappa shape index (κ2) is 8.03. The smallest absolute Gasteiger partial charge is 0.225 e. The Hall–Kier alpha value is -2.50. The third-order valence-electron chi connectivity index (χ3n) is 5.57. The third-order valence-corrected chi connectivity index (χ3v) is 5.57. The summed E-state index contributed by atoms with van der Waals surface area (Å²) in [5.41, 5.74) is 2.27. The molecular formula is C21H29N5O. The van der Waals surface area contributed by atoms with Crippen LogP contribution in [0.1, 0.15) is 31.4 Å². The number of nitrogens with one attached hydrogen (secondary N) is 1. The monoisotopic (exact) mass is 367 g/mol. The van der Waals surface area contributed by atoms with Crippen LogP contribution >= 0.6 is 0 Å². The first-order chi connectivity index (χ1) is 13.2. The van der Waals surface area contributed by atoms with Gasteiger partial charge < -0.3 is 19.9 Å². The van der Waals surface area contributed by atoms with Crippen LogP contribution in [0.15, 0.2) is 30.3 Å². The van der Waals surface area contributed by atoms with Gasteiger partial charge in [0.2, 0.25) is 5.95 Å². The molecule has 4 rings (SSSR count). The van der Waals surface area contributed by atoms with Gasteiger partial charge in [0.25, 0.3) is 0 Å². The maximum Gasteiger partial charge on any atom is 0.225 e. The topological polar surface area (TPSA) is 53.5 Å². The largest absolute Gasteiger partial charge is 0.497 e. The average Bonchev–Trinajstić information content (AvgIpc) is 3.21. The number of nitrogens with zero attached hydrogens (tertiary/aromatic N) is 4. The summed E-state index contributed by atoms with van der Waals surface area (Å²) < 4.78 is 5.25. The third kappa shape index (κ3) is 4.26. The zero-order valence-electron chi connectivity index (χ0n) is 16.3. The summed E-state index contributed by atoms with van der Waals surface area (Å²) in [6.45, 7) is 5.96. The Labute approximate surface area is 161 Å². The number of ether oxygens (including phenoxy) is 1. The van der Waals surface area contributed by atoms with E-state index in [-0.39, 0.29) is 0 Å². The summed E-state index contributed by atoms with van der Waals surface area (Å²) in [6, 6.07) is 10.9. The van der Waals surface area contributed by atoms with Gasteiger partial charge >= 0.3 is 0 Å². The van der Waals surface area contributed by atoms with Gasteiger partial charge in [-0.25, -0.2) is 4.98 Å². The van der Waals surface area contributed by atoms with Crippen LogP contribution in [0.4, 0.5) is 17.5 Å². The van der Waals surface area contributed by atoms with E-state index >= 15 is 0 Å². The highest BCUT2D eigenvalue weighted by atomic mass is 16.5. The lowest BCUT2D eigenvalue weighted by Crippen LogP contribution is -2.47. The molecule has 1 saturated carbocycles. The molecule has 6 nitrogen and oxygen atoms in total. The molecule has 0 atom stereocenters. The molecule has 0 spiro atoms. The number of benzene rings is 1. The Bertz CT molecular complexity index is 750. The van der Waals surface area contributed by atoms with Crippen LogP contribution in [0.2, 0.25) is 0 Å². The fourth-order valence-electron chi connectivity index (χ4n) is 4.02. The maximum atomic E-state index is 5.25. The van der Waals surface area contributed by atoms with Crippen LogP contribution < -0.4 is 19.9 Å². The lowest BCUT2D eigenvalue weighted by Gasteiger charge is -2.37. The Morgan fingerprint density at radius 1 is 0.963 bits per heavy atom. The van der Waals surface area contributed by atoms with Crippen LogP contribution in [0.5, 0.6) is 5.75 Å². The molecular weight excluding hydrogens is 338 g/mol. The van der Waals surface area contributed by atoms with Crippen molar-refractivity contribution < 1.29 is 4.74 Å². The van der Waals surface area contributed by atoms with Gasteiger partial charge in [-0.2, -0.15) is 4.98 Å². The Morgan fingerprint density at radius 3 is 2.30 bits per heavy atom. The van der Waals surface area contributed by atoms with Crippen LogP contribution in [0.3, 0.4) is 0 Å². The van der Waals surface area contributed by atoms with Crippen molar-refractivity contribution in [2.24, 2.45) is 0 Å². The number of anilines is 3. The molecule has 1 aliphatic carbocycles. The number of methoxy groups -OCH3 is 1. The molecule has 1 saturated heterocycles. The van der Waals surface area contributed by atoms with Gasteiger partial charge in [0, 0.05) is 49.7 Å². The minimum absolute atomic E-state index is 0.534. The van der Waals surface area contributed by atoms with Crippen molar-refractivity contribution in [2.75, 3.05) is 48.4 Å². The van der Waals surface area contributed by atoms with Crippen molar-refractivity contribution in [3.05, 3.63) is 36.0 Å². The molecule has 1 N–H and O–H groups in total. The fraction of sp³-hybridized carbons (Fsp3) is 0.524. The van der Waals surface area contributed by atoms with E-state index in [9.17, 15) is 0 Å². The van der Waals surface area contributed by atoms with Crippen molar-refractivity contribution in [1.29, 1.82) is 0 Å². The van der Waals surface area contributed by atoms with Gasteiger partial charge in [0.15, 0.2) is 0 Å². The van der Waals surface area contributed by atoms with Crippen LogP contribution in [0.25, 0.3) is 0 Å². The summed E-state index contributed by atoms with van der Waals surface area (Å²) in [4.78, 5) is 14.2. The van der Waals surface area contributed by atoms with Crippen molar-refractivity contribution in [3.63, 3.8) is 0 Å². The first-order valence-corrected chi connectivity index (χ1v) is 9.97. The quantitative estimate of drug-likeness (QED) is 0.873. The normalized spacial score (nSPS) is 18.0. The first-order valence-electron chi connectivity index (χ1n) is 9.97. The lowest BCUT2D eigenvalue weighted by molar-refractivity contribution is 0.415. The van der Waals surface area contributed by atoms with Gasteiger partial charge in [-0.1, -0.05) is 12.8 Å². The van der Waals surface area contributed by atoms with Gasteiger partial charge in [-0.15, -0.1) is 0 Å². The number of rotatable bonds is 5. The first kappa shape index (κ1) is 17.9. The number of piperazine rings is 1. The van der Waals surface area contributed by atoms with E-state index in [2.05, 4.69) is 45.2 Å². The highest BCUT2D eigenvalue weighted by Crippen LogP contribution is 2.24. The van der Waals surface area contributed by atoms with Crippen LogP contribution in [-0.4, -0.2) is 49.3 Å². The zero-order valence-corrected chi connectivity index (χ0v) is 16.3. The summed E-state index contributed by atoms with van der Waals surface area (Å²) in [5, 5.41) is 3.54. The molecule has 2 heterocycles. The van der Waals surface area contributed by atoms with E-state index in [0.29, 0.717) is 6.04 Å².